The second kappa shape index (κ2) is 6.64. The largest absolute Gasteiger partial charge is 0.497 e. The van der Waals surface area contributed by atoms with Crippen molar-refractivity contribution in [2.75, 3.05) is 7.11 Å². The third kappa shape index (κ3) is 3.47. The normalized spacial score (nSPS) is 15.1. The van der Waals surface area contributed by atoms with E-state index in [1.54, 1.807) is 7.11 Å². The molecule has 0 bridgehead atoms. The van der Waals surface area contributed by atoms with Gasteiger partial charge in [-0.3, -0.25) is 0 Å². The van der Waals surface area contributed by atoms with Crippen LogP contribution in [0.25, 0.3) is 0 Å². The van der Waals surface area contributed by atoms with E-state index < -0.39 is 0 Å². The van der Waals surface area contributed by atoms with Gasteiger partial charge in [-0.15, -0.1) is 0 Å². The number of hydrogen-bond acceptors (Lipinski definition) is 3. The molecule has 3 nitrogen and oxygen atoms in total. The van der Waals surface area contributed by atoms with Crippen LogP contribution in [-0.2, 0) is 6.54 Å². The van der Waals surface area contributed by atoms with Gasteiger partial charge in [0, 0.05) is 12.6 Å². The summed E-state index contributed by atoms with van der Waals surface area (Å²) in [6.45, 7) is 0.780. The van der Waals surface area contributed by atoms with Gasteiger partial charge in [0.15, 0.2) is 0 Å². The van der Waals surface area contributed by atoms with E-state index in [1.807, 2.05) is 30.3 Å². The zero-order chi connectivity index (χ0) is 15.4. The predicted molar refractivity (Wildman–Crippen MR) is 86.5 cm³/mol. The topological polar surface area (TPSA) is 45.0 Å². The highest BCUT2D eigenvalue weighted by Crippen LogP contribution is 2.41. The zero-order valence-electron chi connectivity index (χ0n) is 12.8. The number of methoxy groups -OCH3 is 1. The average molecular weight is 292 g/mol. The molecular weight excluding hydrogens is 272 g/mol. The lowest BCUT2D eigenvalue weighted by Crippen LogP contribution is -2.22. The van der Waals surface area contributed by atoms with E-state index in [0.717, 1.165) is 17.9 Å². The van der Waals surface area contributed by atoms with Crippen molar-refractivity contribution in [1.29, 1.82) is 5.26 Å². The molecule has 0 unspecified atom stereocenters. The van der Waals surface area contributed by atoms with Crippen LogP contribution in [-0.4, -0.2) is 7.11 Å². The first-order chi connectivity index (χ1) is 10.8. The lowest BCUT2D eigenvalue weighted by Gasteiger charge is -2.19. The van der Waals surface area contributed by atoms with E-state index in [2.05, 4.69) is 29.6 Å². The van der Waals surface area contributed by atoms with Gasteiger partial charge in [-0.1, -0.05) is 24.3 Å². The van der Waals surface area contributed by atoms with Gasteiger partial charge in [0.05, 0.1) is 18.7 Å². The summed E-state index contributed by atoms with van der Waals surface area (Å²) in [4.78, 5) is 0. The predicted octanol–water partition coefficient (Wildman–Crippen LogP) is 3.81. The van der Waals surface area contributed by atoms with Crippen LogP contribution < -0.4 is 10.1 Å². The SMILES string of the molecule is COc1ccc([C@H](NCc2cccc(C#N)c2)C2CC2)cc1. The van der Waals surface area contributed by atoms with Crippen LogP contribution in [0.5, 0.6) is 5.75 Å². The number of nitrogens with one attached hydrogen (secondary N) is 1. The molecule has 2 aromatic carbocycles. The van der Waals surface area contributed by atoms with Crippen molar-refractivity contribution in [1.82, 2.24) is 5.32 Å². The molecule has 0 saturated heterocycles. The minimum absolute atomic E-state index is 0.372. The Labute approximate surface area is 131 Å². The van der Waals surface area contributed by atoms with Gasteiger partial charge in [0.2, 0.25) is 0 Å². The summed E-state index contributed by atoms with van der Waals surface area (Å²) in [5.74, 6) is 1.60. The minimum atomic E-state index is 0.372. The number of nitriles is 1. The Kier molecular flexibility index (Phi) is 4.41. The highest BCUT2D eigenvalue weighted by atomic mass is 16.5. The van der Waals surface area contributed by atoms with Crippen LogP contribution >= 0.6 is 0 Å². The van der Waals surface area contributed by atoms with Gasteiger partial charge in [0.1, 0.15) is 5.75 Å². The quantitative estimate of drug-likeness (QED) is 0.880. The smallest absolute Gasteiger partial charge is 0.118 e. The monoisotopic (exact) mass is 292 g/mol. The lowest BCUT2D eigenvalue weighted by atomic mass is 10.0. The molecule has 2 aromatic rings. The van der Waals surface area contributed by atoms with Crippen molar-refractivity contribution < 1.29 is 4.74 Å². The molecule has 0 spiro atoms. The molecule has 1 atom stereocenters. The summed E-state index contributed by atoms with van der Waals surface area (Å²) in [6, 6.07) is 18.7. The molecule has 1 saturated carbocycles. The second-order valence-corrected chi connectivity index (χ2v) is 5.78. The Morgan fingerprint density at radius 2 is 2.00 bits per heavy atom. The highest BCUT2D eigenvalue weighted by Gasteiger charge is 2.31. The van der Waals surface area contributed by atoms with Crippen molar-refractivity contribution in [2.24, 2.45) is 5.92 Å². The molecule has 0 heterocycles. The van der Waals surface area contributed by atoms with E-state index in [-0.39, 0.29) is 0 Å². The third-order valence-electron chi connectivity index (χ3n) is 4.15. The molecule has 1 N–H and O–H groups in total. The van der Waals surface area contributed by atoms with Gasteiger partial charge in [0.25, 0.3) is 0 Å². The van der Waals surface area contributed by atoms with Crippen LogP contribution in [0.2, 0.25) is 0 Å². The van der Waals surface area contributed by atoms with Crippen LogP contribution in [0.3, 0.4) is 0 Å². The Morgan fingerprint density at radius 1 is 1.23 bits per heavy atom. The van der Waals surface area contributed by atoms with Gasteiger partial charge >= 0.3 is 0 Å². The zero-order valence-corrected chi connectivity index (χ0v) is 12.8. The molecule has 112 valence electrons. The minimum Gasteiger partial charge on any atom is -0.497 e. The summed E-state index contributed by atoms with van der Waals surface area (Å²) in [5, 5.41) is 12.6. The Morgan fingerprint density at radius 3 is 2.64 bits per heavy atom. The maximum Gasteiger partial charge on any atom is 0.118 e. The first kappa shape index (κ1) is 14.6. The van der Waals surface area contributed by atoms with Crippen LogP contribution in [0, 0.1) is 17.2 Å². The van der Waals surface area contributed by atoms with Gasteiger partial charge in [-0.25, -0.2) is 0 Å². The molecule has 0 radical (unpaired) electrons. The van der Waals surface area contributed by atoms with Crippen molar-refractivity contribution in [3.63, 3.8) is 0 Å². The van der Waals surface area contributed by atoms with Gasteiger partial charge in [-0.05, 0) is 54.2 Å². The summed E-state index contributed by atoms with van der Waals surface area (Å²) >= 11 is 0. The van der Waals surface area contributed by atoms with Crippen molar-refractivity contribution >= 4 is 0 Å². The average Bonchev–Trinajstić information content (AvgIpc) is 3.41. The van der Waals surface area contributed by atoms with E-state index in [9.17, 15) is 0 Å². The molecule has 0 aromatic heterocycles. The summed E-state index contributed by atoms with van der Waals surface area (Å²) in [6.07, 6.45) is 2.56. The second-order valence-electron chi connectivity index (χ2n) is 5.78. The molecule has 1 fully saturated rings. The van der Waals surface area contributed by atoms with Crippen LogP contribution in [0.15, 0.2) is 48.5 Å². The molecular formula is C19H20N2O. The molecule has 3 heteroatoms. The fraction of sp³-hybridized carbons (Fsp3) is 0.316. The maximum atomic E-state index is 8.98. The third-order valence-corrected chi connectivity index (χ3v) is 4.15. The van der Waals surface area contributed by atoms with E-state index >= 15 is 0 Å². The van der Waals surface area contributed by atoms with Gasteiger partial charge < -0.3 is 10.1 Å². The molecule has 0 aliphatic heterocycles. The first-order valence-electron chi connectivity index (χ1n) is 7.66. The van der Waals surface area contributed by atoms with Crippen molar-refractivity contribution in [3.05, 3.63) is 65.2 Å². The number of nitrogens with zero attached hydrogens (tertiary/aromatic N) is 1. The Bertz CT molecular complexity index is 669. The number of rotatable bonds is 6. The number of ether oxygens (including phenoxy) is 1. The van der Waals surface area contributed by atoms with Crippen molar-refractivity contribution in [3.8, 4) is 11.8 Å². The summed E-state index contributed by atoms with van der Waals surface area (Å²) in [7, 11) is 1.69. The summed E-state index contributed by atoms with van der Waals surface area (Å²) < 4.78 is 5.23. The van der Waals surface area contributed by atoms with E-state index in [1.165, 1.54) is 18.4 Å². The highest BCUT2D eigenvalue weighted by molar-refractivity contribution is 5.33. The molecule has 22 heavy (non-hydrogen) atoms. The fourth-order valence-electron chi connectivity index (χ4n) is 2.78. The number of hydrogen-bond donors (Lipinski definition) is 1. The van der Waals surface area contributed by atoms with Gasteiger partial charge in [-0.2, -0.15) is 5.26 Å². The fourth-order valence-corrected chi connectivity index (χ4v) is 2.78. The Balaban J connectivity index is 1.70. The van der Waals surface area contributed by atoms with E-state index in [4.69, 9.17) is 10.00 Å². The standard InChI is InChI=1S/C19H20N2O/c1-22-18-9-7-17(8-10-18)19(16-5-6-16)21-13-15-4-2-3-14(11-15)12-20/h2-4,7-11,16,19,21H,5-6,13H2,1H3/t19-/m1/s1. The van der Waals surface area contributed by atoms with Crippen LogP contribution in [0.1, 0.15) is 35.6 Å². The number of benzene rings is 2. The van der Waals surface area contributed by atoms with Crippen LogP contribution in [0.4, 0.5) is 0 Å². The Hall–Kier alpha value is -2.31. The molecule has 1 aliphatic rings. The van der Waals surface area contributed by atoms with Crippen molar-refractivity contribution in [2.45, 2.75) is 25.4 Å². The summed E-state index contributed by atoms with van der Waals surface area (Å²) in [5.41, 5.74) is 3.17. The molecule has 0 amide bonds. The maximum absolute atomic E-state index is 8.98. The first-order valence-corrected chi connectivity index (χ1v) is 7.66. The lowest BCUT2D eigenvalue weighted by molar-refractivity contribution is 0.413. The molecule has 1 aliphatic carbocycles. The van der Waals surface area contributed by atoms with E-state index in [0.29, 0.717) is 17.5 Å². The molecule has 3 rings (SSSR count).